The maximum absolute atomic E-state index is 12.9. The number of nitrogens with one attached hydrogen (secondary N) is 2. The van der Waals surface area contributed by atoms with Gasteiger partial charge in [0.05, 0.1) is 0 Å². The third-order valence-electron chi connectivity index (χ3n) is 4.00. The van der Waals surface area contributed by atoms with Crippen molar-refractivity contribution >= 4 is 27.6 Å². The fourth-order valence-electron chi connectivity index (χ4n) is 2.70. The smallest absolute Gasteiger partial charge is 0.319 e. The lowest BCUT2D eigenvalue weighted by Crippen LogP contribution is -2.39. The molecule has 0 bridgehead atoms. The van der Waals surface area contributed by atoms with E-state index in [4.69, 9.17) is 5.14 Å². The summed E-state index contributed by atoms with van der Waals surface area (Å²) in [5.41, 5.74) is 0.499. The van der Waals surface area contributed by atoms with E-state index >= 15 is 0 Å². The zero-order valence-corrected chi connectivity index (χ0v) is 14.5. The number of rotatable bonds is 4. The molecule has 8 nitrogen and oxygen atoms in total. The lowest BCUT2D eigenvalue weighted by molar-refractivity contribution is 0.249. The van der Waals surface area contributed by atoms with Crippen LogP contribution in [0.25, 0.3) is 0 Å². The van der Waals surface area contributed by atoms with Crippen molar-refractivity contribution in [1.29, 1.82) is 0 Å². The number of benzene rings is 1. The molecule has 1 aliphatic rings. The standard InChI is InChI=1S/C16H18FN5O3S/c17-11-1-3-12(4-2-11)20-16(23)21-13-7-8-22(10-13)15-6-5-14(9-19-15)26(18,24)25/h1-6,9,13H,7-8,10H2,(H2,18,24,25)(H2,20,21,23)/t13-/m1/s1. The van der Waals surface area contributed by atoms with E-state index in [2.05, 4.69) is 15.6 Å². The molecule has 0 aliphatic carbocycles. The van der Waals surface area contributed by atoms with Crippen LogP contribution in [-0.4, -0.2) is 38.6 Å². The van der Waals surface area contributed by atoms with E-state index in [9.17, 15) is 17.6 Å². The van der Waals surface area contributed by atoms with E-state index in [0.717, 1.165) is 6.42 Å². The summed E-state index contributed by atoms with van der Waals surface area (Å²) in [5, 5.41) is 10.5. The predicted molar refractivity (Wildman–Crippen MR) is 94.8 cm³/mol. The first kappa shape index (κ1) is 18.1. The Morgan fingerprint density at radius 3 is 2.58 bits per heavy atom. The molecule has 26 heavy (non-hydrogen) atoms. The van der Waals surface area contributed by atoms with Crippen molar-refractivity contribution in [1.82, 2.24) is 10.3 Å². The number of carbonyl (C=O) groups excluding carboxylic acids is 1. The van der Waals surface area contributed by atoms with Gasteiger partial charge in [0, 0.05) is 31.0 Å². The van der Waals surface area contributed by atoms with Crippen molar-refractivity contribution in [2.75, 3.05) is 23.3 Å². The van der Waals surface area contributed by atoms with Crippen LogP contribution in [-0.2, 0) is 10.0 Å². The molecule has 1 aliphatic heterocycles. The number of pyridine rings is 1. The number of sulfonamides is 1. The SMILES string of the molecule is NS(=O)(=O)c1ccc(N2CC[C@@H](NC(=O)Nc3ccc(F)cc3)C2)nc1. The van der Waals surface area contributed by atoms with Crippen LogP contribution in [0.4, 0.5) is 20.7 Å². The Kier molecular flexibility index (Phi) is 5.05. The van der Waals surface area contributed by atoms with Gasteiger partial charge >= 0.3 is 6.03 Å². The molecule has 10 heteroatoms. The zero-order chi connectivity index (χ0) is 18.7. The molecule has 0 unspecified atom stereocenters. The van der Waals surface area contributed by atoms with Crippen molar-refractivity contribution in [2.45, 2.75) is 17.4 Å². The molecular formula is C16H18FN5O3S. The third-order valence-corrected chi connectivity index (χ3v) is 4.90. The van der Waals surface area contributed by atoms with Gasteiger partial charge in [0.1, 0.15) is 16.5 Å². The van der Waals surface area contributed by atoms with Crippen molar-refractivity contribution < 1.29 is 17.6 Å². The summed E-state index contributed by atoms with van der Waals surface area (Å²) in [7, 11) is -3.77. The topological polar surface area (TPSA) is 117 Å². The number of carbonyl (C=O) groups is 1. The van der Waals surface area contributed by atoms with Gasteiger partial charge in [0.15, 0.2) is 0 Å². The molecule has 0 spiro atoms. The minimum absolute atomic E-state index is 0.0474. The highest BCUT2D eigenvalue weighted by Crippen LogP contribution is 2.19. The van der Waals surface area contributed by atoms with Gasteiger partial charge in [-0.25, -0.2) is 27.7 Å². The van der Waals surface area contributed by atoms with Crippen molar-refractivity contribution in [3.63, 3.8) is 0 Å². The normalized spacial score (nSPS) is 17.2. The van der Waals surface area contributed by atoms with Gasteiger partial charge in [-0.2, -0.15) is 0 Å². The number of anilines is 2. The molecule has 1 saturated heterocycles. The first-order valence-electron chi connectivity index (χ1n) is 7.88. The van der Waals surface area contributed by atoms with Crippen molar-refractivity contribution in [3.05, 3.63) is 48.4 Å². The van der Waals surface area contributed by atoms with Crippen LogP contribution in [0.1, 0.15) is 6.42 Å². The van der Waals surface area contributed by atoms with Crippen LogP contribution < -0.4 is 20.7 Å². The van der Waals surface area contributed by atoms with Crippen LogP contribution in [0.15, 0.2) is 47.5 Å². The second-order valence-corrected chi connectivity index (χ2v) is 7.50. The summed E-state index contributed by atoms with van der Waals surface area (Å²) in [6.45, 7) is 1.21. The van der Waals surface area contributed by atoms with E-state index in [0.29, 0.717) is 24.6 Å². The summed E-state index contributed by atoms with van der Waals surface area (Å²) >= 11 is 0. The van der Waals surface area contributed by atoms with E-state index in [-0.39, 0.29) is 22.8 Å². The van der Waals surface area contributed by atoms with E-state index in [1.165, 1.54) is 36.5 Å². The van der Waals surface area contributed by atoms with Gasteiger partial charge in [0.25, 0.3) is 0 Å². The Labute approximate surface area is 150 Å². The Morgan fingerprint density at radius 1 is 1.23 bits per heavy atom. The zero-order valence-electron chi connectivity index (χ0n) is 13.7. The molecule has 3 rings (SSSR count). The molecule has 2 aromatic rings. The average Bonchev–Trinajstić information content (AvgIpc) is 3.04. The molecule has 138 valence electrons. The number of amides is 2. The maximum Gasteiger partial charge on any atom is 0.319 e. The van der Waals surface area contributed by atoms with Gasteiger partial charge in [-0.05, 0) is 42.8 Å². The maximum atomic E-state index is 12.9. The predicted octanol–water partition coefficient (Wildman–Crippen LogP) is 1.27. The molecule has 1 fully saturated rings. The van der Waals surface area contributed by atoms with Gasteiger partial charge < -0.3 is 15.5 Å². The first-order valence-corrected chi connectivity index (χ1v) is 9.43. The van der Waals surface area contributed by atoms with E-state index < -0.39 is 10.0 Å². The number of aromatic nitrogens is 1. The average molecular weight is 379 g/mol. The minimum Gasteiger partial charge on any atom is -0.354 e. The molecule has 1 aromatic heterocycles. The third kappa shape index (κ3) is 4.46. The van der Waals surface area contributed by atoms with E-state index in [1.54, 1.807) is 6.07 Å². The summed E-state index contributed by atoms with van der Waals surface area (Å²) in [6, 6.07) is 8.02. The lowest BCUT2D eigenvalue weighted by atomic mass is 10.3. The fourth-order valence-corrected chi connectivity index (χ4v) is 3.16. The Bertz CT molecular complexity index is 887. The minimum atomic E-state index is -3.77. The van der Waals surface area contributed by atoms with Gasteiger partial charge in [-0.1, -0.05) is 0 Å². The first-order chi connectivity index (χ1) is 12.3. The van der Waals surface area contributed by atoms with Crippen LogP contribution in [0.5, 0.6) is 0 Å². The molecule has 2 heterocycles. The highest BCUT2D eigenvalue weighted by Gasteiger charge is 2.25. The number of hydrogen-bond donors (Lipinski definition) is 3. The van der Waals surface area contributed by atoms with Gasteiger partial charge in [0.2, 0.25) is 10.0 Å². The largest absolute Gasteiger partial charge is 0.354 e. The Hall–Kier alpha value is -2.72. The molecule has 1 aromatic carbocycles. The second kappa shape index (κ2) is 7.26. The summed E-state index contributed by atoms with van der Waals surface area (Å²) in [5.74, 6) is 0.240. The lowest BCUT2D eigenvalue weighted by Gasteiger charge is -2.18. The van der Waals surface area contributed by atoms with Crippen LogP contribution in [0, 0.1) is 5.82 Å². The van der Waals surface area contributed by atoms with Crippen molar-refractivity contribution in [2.24, 2.45) is 5.14 Å². The highest BCUT2D eigenvalue weighted by atomic mass is 32.2. The van der Waals surface area contributed by atoms with Crippen LogP contribution >= 0.6 is 0 Å². The fraction of sp³-hybridized carbons (Fsp3) is 0.250. The Balaban J connectivity index is 1.55. The summed E-state index contributed by atoms with van der Waals surface area (Å²) in [6.07, 6.45) is 1.93. The quantitative estimate of drug-likeness (QED) is 0.739. The van der Waals surface area contributed by atoms with Crippen LogP contribution in [0.2, 0.25) is 0 Å². The highest BCUT2D eigenvalue weighted by molar-refractivity contribution is 7.89. The Morgan fingerprint density at radius 2 is 1.96 bits per heavy atom. The summed E-state index contributed by atoms with van der Waals surface area (Å²) < 4.78 is 35.4. The van der Waals surface area contributed by atoms with Gasteiger partial charge in [-0.15, -0.1) is 0 Å². The number of nitrogens with zero attached hydrogens (tertiary/aromatic N) is 2. The number of nitrogens with two attached hydrogens (primary N) is 1. The molecule has 0 saturated carbocycles. The van der Waals surface area contributed by atoms with E-state index in [1.807, 2.05) is 4.90 Å². The number of hydrogen-bond acceptors (Lipinski definition) is 5. The van der Waals surface area contributed by atoms with Crippen molar-refractivity contribution in [3.8, 4) is 0 Å². The molecule has 2 amide bonds. The molecule has 4 N–H and O–H groups in total. The molecule has 0 radical (unpaired) electrons. The number of urea groups is 1. The molecular weight excluding hydrogens is 361 g/mol. The van der Waals surface area contributed by atoms with Gasteiger partial charge in [-0.3, -0.25) is 0 Å². The monoisotopic (exact) mass is 379 g/mol. The van der Waals surface area contributed by atoms with Crippen LogP contribution in [0.3, 0.4) is 0 Å². The number of halogens is 1. The summed E-state index contributed by atoms with van der Waals surface area (Å²) in [4.78, 5) is 18.0. The number of primary sulfonamides is 1. The molecule has 1 atom stereocenters. The second-order valence-electron chi connectivity index (χ2n) is 5.93.